The molecule has 16 heavy (non-hydrogen) atoms. The third-order valence-corrected chi connectivity index (χ3v) is 3.63. The number of benzene rings is 1. The first-order valence-electron chi connectivity index (χ1n) is 4.48. The number of nitrogens with two attached hydrogens (primary N) is 1. The second-order valence-corrected chi connectivity index (χ2v) is 4.99. The smallest absolute Gasteiger partial charge is 0.225 e. The molecule has 0 saturated carbocycles. The highest BCUT2D eigenvalue weighted by atomic mass is 32.2. The lowest BCUT2D eigenvalue weighted by Gasteiger charge is -2.02. The van der Waals surface area contributed by atoms with Gasteiger partial charge >= 0.3 is 0 Å². The lowest BCUT2D eigenvalue weighted by molar-refractivity contribution is 0.592. The van der Waals surface area contributed by atoms with Gasteiger partial charge in [-0.25, -0.2) is 18.4 Å². The summed E-state index contributed by atoms with van der Waals surface area (Å²) in [6.07, 6.45) is 2.37. The van der Waals surface area contributed by atoms with E-state index in [1.807, 2.05) is 0 Å². The van der Waals surface area contributed by atoms with Crippen molar-refractivity contribution in [1.82, 2.24) is 9.97 Å². The van der Waals surface area contributed by atoms with Crippen molar-refractivity contribution in [3.05, 3.63) is 42.7 Å². The molecule has 1 aromatic heterocycles. The Labute approximate surface area is 92.9 Å². The van der Waals surface area contributed by atoms with E-state index in [1.165, 1.54) is 18.3 Å². The summed E-state index contributed by atoms with van der Waals surface area (Å²) in [4.78, 5) is 7.65. The summed E-state index contributed by atoms with van der Waals surface area (Å²) < 4.78 is 24.0. The van der Waals surface area contributed by atoms with Crippen LogP contribution in [0.25, 0.3) is 0 Å². The number of hydrogen-bond acceptors (Lipinski definition) is 5. The standard InChI is InChI=1S/C10H9N3O2S/c11-9-6-13-10(7-12-9)16(14,15)8-4-2-1-3-5-8/h1-7H,(H2,11,12). The third kappa shape index (κ3) is 1.87. The Morgan fingerprint density at radius 2 is 1.69 bits per heavy atom. The summed E-state index contributed by atoms with van der Waals surface area (Å²) in [6.45, 7) is 0. The van der Waals surface area contributed by atoms with Crippen LogP contribution in [-0.4, -0.2) is 18.4 Å². The Balaban J connectivity index is 2.52. The van der Waals surface area contributed by atoms with Gasteiger partial charge in [0.05, 0.1) is 17.3 Å². The van der Waals surface area contributed by atoms with E-state index >= 15 is 0 Å². The molecule has 5 nitrogen and oxygen atoms in total. The van der Waals surface area contributed by atoms with Gasteiger partial charge in [0.25, 0.3) is 0 Å². The van der Waals surface area contributed by atoms with E-state index in [4.69, 9.17) is 5.73 Å². The third-order valence-electron chi connectivity index (χ3n) is 1.98. The Bertz CT molecular complexity index is 579. The van der Waals surface area contributed by atoms with Crippen LogP contribution in [0.1, 0.15) is 0 Å². The van der Waals surface area contributed by atoms with Crippen LogP contribution < -0.4 is 5.73 Å². The predicted octanol–water partition coefficient (Wildman–Crippen LogP) is 0.892. The first kappa shape index (κ1) is 10.6. The van der Waals surface area contributed by atoms with Crippen LogP contribution >= 0.6 is 0 Å². The molecule has 0 aliphatic rings. The van der Waals surface area contributed by atoms with Crippen molar-refractivity contribution in [2.24, 2.45) is 0 Å². The maximum Gasteiger partial charge on any atom is 0.225 e. The molecule has 82 valence electrons. The average molecular weight is 235 g/mol. The zero-order chi connectivity index (χ0) is 11.6. The average Bonchev–Trinajstić information content (AvgIpc) is 2.31. The van der Waals surface area contributed by atoms with E-state index in [2.05, 4.69) is 9.97 Å². The summed E-state index contributed by atoms with van der Waals surface area (Å²) in [7, 11) is -3.58. The van der Waals surface area contributed by atoms with Gasteiger partial charge in [0.15, 0.2) is 5.03 Å². The zero-order valence-corrected chi connectivity index (χ0v) is 9.05. The summed E-state index contributed by atoms with van der Waals surface area (Å²) in [5.41, 5.74) is 5.34. The molecule has 0 atom stereocenters. The van der Waals surface area contributed by atoms with Gasteiger partial charge in [0.2, 0.25) is 9.84 Å². The molecule has 2 N–H and O–H groups in total. The largest absolute Gasteiger partial charge is 0.382 e. The van der Waals surface area contributed by atoms with Gasteiger partial charge in [0, 0.05) is 0 Å². The van der Waals surface area contributed by atoms with Crippen molar-refractivity contribution in [3.8, 4) is 0 Å². The fraction of sp³-hybridized carbons (Fsp3) is 0. The van der Waals surface area contributed by atoms with Crippen molar-refractivity contribution in [3.63, 3.8) is 0 Å². The molecular formula is C10H9N3O2S. The Hall–Kier alpha value is -1.95. The Morgan fingerprint density at radius 1 is 1.00 bits per heavy atom. The van der Waals surface area contributed by atoms with Gasteiger partial charge in [-0.05, 0) is 12.1 Å². The molecule has 6 heteroatoms. The molecule has 0 unspecified atom stereocenters. The highest BCUT2D eigenvalue weighted by Gasteiger charge is 2.18. The fourth-order valence-electron chi connectivity index (χ4n) is 1.19. The molecule has 0 amide bonds. The molecule has 0 aliphatic carbocycles. The van der Waals surface area contributed by atoms with Gasteiger partial charge in [-0.2, -0.15) is 0 Å². The van der Waals surface area contributed by atoms with Gasteiger partial charge in [-0.1, -0.05) is 18.2 Å². The van der Waals surface area contributed by atoms with Gasteiger partial charge in [-0.3, -0.25) is 0 Å². The first-order chi connectivity index (χ1) is 7.60. The quantitative estimate of drug-likeness (QED) is 0.835. The van der Waals surface area contributed by atoms with E-state index < -0.39 is 9.84 Å². The molecule has 1 heterocycles. The van der Waals surface area contributed by atoms with E-state index in [9.17, 15) is 8.42 Å². The summed E-state index contributed by atoms with van der Waals surface area (Å²) >= 11 is 0. The predicted molar refractivity (Wildman–Crippen MR) is 58.3 cm³/mol. The van der Waals surface area contributed by atoms with Gasteiger partial charge in [0.1, 0.15) is 5.82 Å². The topological polar surface area (TPSA) is 85.9 Å². The molecule has 0 aliphatic heterocycles. The molecule has 0 fully saturated rings. The normalized spacial score (nSPS) is 11.2. The summed E-state index contributed by atoms with van der Waals surface area (Å²) in [6, 6.07) is 8.06. The van der Waals surface area contributed by atoms with E-state index in [0.29, 0.717) is 0 Å². The molecule has 2 rings (SSSR count). The van der Waals surface area contributed by atoms with Crippen molar-refractivity contribution in [2.75, 3.05) is 5.73 Å². The van der Waals surface area contributed by atoms with Crippen molar-refractivity contribution >= 4 is 15.7 Å². The molecule has 0 spiro atoms. The number of anilines is 1. The van der Waals surface area contributed by atoms with Crippen molar-refractivity contribution in [1.29, 1.82) is 0 Å². The van der Waals surface area contributed by atoms with Crippen LogP contribution in [0.3, 0.4) is 0 Å². The summed E-state index contributed by atoms with van der Waals surface area (Å²) in [5.74, 6) is 0.187. The van der Waals surface area contributed by atoms with Gasteiger partial charge in [-0.15, -0.1) is 0 Å². The van der Waals surface area contributed by atoms with E-state index in [-0.39, 0.29) is 15.7 Å². The van der Waals surface area contributed by atoms with Crippen LogP contribution in [0.15, 0.2) is 52.6 Å². The van der Waals surface area contributed by atoms with Crippen LogP contribution in [-0.2, 0) is 9.84 Å². The lowest BCUT2D eigenvalue weighted by Crippen LogP contribution is -2.05. The fourth-order valence-corrected chi connectivity index (χ4v) is 2.33. The monoisotopic (exact) mass is 235 g/mol. The Morgan fingerprint density at radius 3 is 2.25 bits per heavy atom. The molecule has 0 bridgehead atoms. The zero-order valence-electron chi connectivity index (χ0n) is 8.24. The van der Waals surface area contributed by atoms with Crippen molar-refractivity contribution < 1.29 is 8.42 Å². The number of nitrogen functional groups attached to an aromatic ring is 1. The second kappa shape index (κ2) is 3.90. The number of rotatable bonds is 2. The number of hydrogen-bond donors (Lipinski definition) is 1. The Kier molecular flexibility index (Phi) is 2.57. The maximum absolute atomic E-state index is 12.0. The highest BCUT2D eigenvalue weighted by Crippen LogP contribution is 2.17. The SMILES string of the molecule is Nc1cnc(S(=O)(=O)c2ccccc2)cn1. The summed E-state index contributed by atoms with van der Waals surface area (Å²) in [5, 5.41) is -0.104. The maximum atomic E-state index is 12.0. The molecule has 2 aromatic rings. The molecule has 0 radical (unpaired) electrons. The molecule has 1 aromatic carbocycles. The number of nitrogens with zero attached hydrogens (tertiary/aromatic N) is 2. The van der Waals surface area contributed by atoms with Crippen molar-refractivity contribution in [2.45, 2.75) is 9.92 Å². The van der Waals surface area contributed by atoms with Crippen LogP contribution in [0, 0.1) is 0 Å². The minimum Gasteiger partial charge on any atom is -0.382 e. The van der Waals surface area contributed by atoms with Crippen LogP contribution in [0.4, 0.5) is 5.82 Å². The molecular weight excluding hydrogens is 226 g/mol. The highest BCUT2D eigenvalue weighted by molar-refractivity contribution is 7.91. The van der Waals surface area contributed by atoms with Crippen LogP contribution in [0.5, 0.6) is 0 Å². The number of aromatic nitrogens is 2. The lowest BCUT2D eigenvalue weighted by atomic mass is 10.4. The van der Waals surface area contributed by atoms with Gasteiger partial charge < -0.3 is 5.73 Å². The minimum absolute atomic E-state index is 0.104. The molecule has 0 saturated heterocycles. The van der Waals surface area contributed by atoms with E-state index in [0.717, 1.165) is 6.20 Å². The minimum atomic E-state index is -3.58. The second-order valence-electron chi connectivity index (χ2n) is 3.10. The van der Waals surface area contributed by atoms with Crippen LogP contribution in [0.2, 0.25) is 0 Å². The first-order valence-corrected chi connectivity index (χ1v) is 5.97. The van der Waals surface area contributed by atoms with E-state index in [1.54, 1.807) is 18.2 Å². The number of sulfone groups is 1.